The fourth-order valence-corrected chi connectivity index (χ4v) is 9.78. The zero-order chi connectivity index (χ0) is 41.4. The third-order valence-corrected chi connectivity index (χ3v) is 12.5. The number of rotatable bonds is 6. The van der Waals surface area contributed by atoms with Gasteiger partial charge >= 0.3 is 0 Å². The van der Waals surface area contributed by atoms with Crippen molar-refractivity contribution < 1.29 is 0 Å². The second-order valence-corrected chi connectivity index (χ2v) is 16.0. The van der Waals surface area contributed by atoms with Crippen LogP contribution in [0.3, 0.4) is 0 Å². The molecule has 4 heterocycles. The maximum Gasteiger partial charge on any atom is 0.166 e. The van der Waals surface area contributed by atoms with E-state index in [4.69, 9.17) is 15.0 Å². The molecule has 0 unspecified atom stereocenters. The largest absolute Gasteiger partial charge is 0.309 e. The summed E-state index contributed by atoms with van der Waals surface area (Å²) in [6.45, 7) is 0. The van der Waals surface area contributed by atoms with Crippen LogP contribution in [0.1, 0.15) is 0 Å². The molecule has 0 spiro atoms. The monoisotopic (exact) mass is 804 g/mol. The molecule has 0 radical (unpaired) electrons. The molecule has 4 aromatic heterocycles. The summed E-state index contributed by atoms with van der Waals surface area (Å²) < 4.78 is 7.24. The zero-order valence-corrected chi connectivity index (χ0v) is 34.0. The highest BCUT2D eigenvalue weighted by atomic mass is 15.1. The predicted molar refractivity (Wildman–Crippen MR) is 259 cm³/mol. The van der Waals surface area contributed by atoms with Crippen molar-refractivity contribution in [3.05, 3.63) is 218 Å². The average molecular weight is 805 g/mol. The Kier molecular flexibility index (Phi) is 7.80. The first kappa shape index (κ1) is 35.2. The molecule has 294 valence electrons. The summed E-state index contributed by atoms with van der Waals surface area (Å²) in [5.74, 6) is 1.86. The summed E-state index contributed by atoms with van der Waals surface area (Å²) in [5.41, 5.74) is 12.8. The van der Waals surface area contributed by atoms with Crippen molar-refractivity contribution in [3.8, 4) is 51.2 Å². The Morgan fingerprint density at radius 3 is 1.40 bits per heavy atom. The van der Waals surface area contributed by atoms with Gasteiger partial charge in [0.2, 0.25) is 0 Å². The molecule has 0 atom stereocenters. The summed E-state index contributed by atoms with van der Waals surface area (Å²) in [6, 6.07) is 77.3. The molecule has 6 heteroatoms. The first-order chi connectivity index (χ1) is 31.3. The molecule has 0 amide bonds. The Bertz CT molecular complexity index is 3830. The Morgan fingerprint density at radius 1 is 0.270 bits per heavy atom. The van der Waals surface area contributed by atoms with Crippen LogP contribution in [-0.4, -0.2) is 28.7 Å². The molecule has 0 fully saturated rings. The third-order valence-electron chi connectivity index (χ3n) is 12.5. The van der Waals surface area contributed by atoms with Gasteiger partial charge in [-0.2, -0.15) is 0 Å². The van der Waals surface area contributed by atoms with Crippen LogP contribution >= 0.6 is 0 Å². The standard InChI is InChI=1S/C57H36N6/c1-5-18-37(19-6-1)55-58-56(38-20-7-2-8-21-38)60-57(59-55)46-29-17-28-45-52-51(35-33-44-42-26-13-16-31-49(42)62(54(44)52)40-24-11-4-12-25-40)63(53(45)46)41-32-34-50-47(36-41)43-27-14-15-30-48(43)61(50)39-22-9-3-10-23-39/h1-36H. The quantitative estimate of drug-likeness (QED) is 0.168. The molecule has 0 saturated heterocycles. The molecule has 63 heavy (non-hydrogen) atoms. The van der Waals surface area contributed by atoms with E-state index >= 15 is 0 Å². The number of nitrogens with zero attached hydrogens (tertiary/aromatic N) is 6. The lowest BCUT2D eigenvalue weighted by Gasteiger charge is -2.13. The van der Waals surface area contributed by atoms with Gasteiger partial charge in [-0.05, 0) is 66.7 Å². The Balaban J connectivity index is 1.18. The van der Waals surface area contributed by atoms with Gasteiger partial charge in [0.1, 0.15) is 0 Å². The normalized spacial score (nSPS) is 11.8. The van der Waals surface area contributed by atoms with E-state index in [1.165, 1.54) is 27.1 Å². The van der Waals surface area contributed by atoms with E-state index in [-0.39, 0.29) is 0 Å². The lowest BCUT2D eigenvalue weighted by molar-refractivity contribution is 1.07. The van der Waals surface area contributed by atoms with Crippen LogP contribution in [0.5, 0.6) is 0 Å². The molecular formula is C57H36N6. The minimum Gasteiger partial charge on any atom is -0.309 e. The summed E-state index contributed by atoms with van der Waals surface area (Å²) in [6.07, 6.45) is 0. The molecule has 0 aliphatic heterocycles. The van der Waals surface area contributed by atoms with Crippen LogP contribution in [-0.2, 0) is 0 Å². The highest BCUT2D eigenvalue weighted by Gasteiger charge is 2.25. The van der Waals surface area contributed by atoms with Crippen molar-refractivity contribution >= 4 is 65.4 Å². The SMILES string of the molecule is c1ccc(-c2nc(-c3ccccc3)nc(-c3cccc4c5c(ccc6c7ccccc7n(-c7ccccc7)c65)n(-c5ccc6c(c5)c5ccccc5n6-c5ccccc5)c34)n2)cc1. The van der Waals surface area contributed by atoms with Crippen molar-refractivity contribution in [1.82, 2.24) is 28.7 Å². The third kappa shape index (κ3) is 5.41. The number of hydrogen-bond acceptors (Lipinski definition) is 3. The predicted octanol–water partition coefficient (Wildman–Crippen LogP) is 14.2. The minimum atomic E-state index is 0.610. The molecule has 0 saturated carbocycles. The van der Waals surface area contributed by atoms with E-state index in [2.05, 4.69) is 196 Å². The van der Waals surface area contributed by atoms with Crippen molar-refractivity contribution in [2.24, 2.45) is 0 Å². The smallest absolute Gasteiger partial charge is 0.166 e. The van der Waals surface area contributed by atoms with Gasteiger partial charge in [-0.15, -0.1) is 0 Å². The van der Waals surface area contributed by atoms with Gasteiger partial charge in [-0.25, -0.2) is 15.0 Å². The highest BCUT2D eigenvalue weighted by molar-refractivity contribution is 6.27. The number of fused-ring (bicyclic) bond motifs is 10. The number of para-hydroxylation sites is 5. The van der Waals surface area contributed by atoms with Crippen LogP contribution in [0.2, 0.25) is 0 Å². The molecule has 9 aromatic carbocycles. The van der Waals surface area contributed by atoms with E-state index in [0.29, 0.717) is 17.5 Å². The number of hydrogen-bond donors (Lipinski definition) is 0. The first-order valence-electron chi connectivity index (χ1n) is 21.3. The van der Waals surface area contributed by atoms with E-state index in [1.54, 1.807) is 0 Å². The summed E-state index contributed by atoms with van der Waals surface area (Å²) in [5, 5.41) is 7.06. The lowest BCUT2D eigenvalue weighted by Crippen LogP contribution is -2.02. The first-order valence-corrected chi connectivity index (χ1v) is 21.3. The summed E-state index contributed by atoms with van der Waals surface area (Å²) in [4.78, 5) is 15.7. The molecular weight excluding hydrogens is 769 g/mol. The van der Waals surface area contributed by atoms with Crippen LogP contribution in [0.15, 0.2) is 218 Å². The van der Waals surface area contributed by atoms with Gasteiger partial charge < -0.3 is 13.7 Å². The van der Waals surface area contributed by atoms with Crippen molar-refractivity contribution in [2.45, 2.75) is 0 Å². The van der Waals surface area contributed by atoms with Gasteiger partial charge in [0.05, 0.1) is 33.1 Å². The van der Waals surface area contributed by atoms with Crippen LogP contribution in [0, 0.1) is 0 Å². The van der Waals surface area contributed by atoms with Gasteiger partial charge in [0.15, 0.2) is 17.5 Å². The Morgan fingerprint density at radius 2 is 0.746 bits per heavy atom. The van der Waals surface area contributed by atoms with Gasteiger partial charge in [-0.1, -0.05) is 152 Å². The number of aromatic nitrogens is 6. The second kappa shape index (κ2) is 14.0. The van der Waals surface area contributed by atoms with E-state index in [1.807, 2.05) is 36.4 Å². The van der Waals surface area contributed by atoms with Crippen molar-refractivity contribution in [3.63, 3.8) is 0 Å². The second-order valence-electron chi connectivity index (χ2n) is 16.0. The molecule has 13 aromatic rings. The Labute approximate surface area is 362 Å². The van der Waals surface area contributed by atoms with Crippen LogP contribution in [0.25, 0.3) is 117 Å². The van der Waals surface area contributed by atoms with E-state index < -0.39 is 0 Å². The van der Waals surface area contributed by atoms with Crippen molar-refractivity contribution in [1.29, 1.82) is 0 Å². The Hall–Kier alpha value is -8.61. The molecule has 0 N–H and O–H groups in total. The highest BCUT2D eigenvalue weighted by Crippen LogP contribution is 2.45. The number of benzene rings is 9. The summed E-state index contributed by atoms with van der Waals surface area (Å²) in [7, 11) is 0. The fourth-order valence-electron chi connectivity index (χ4n) is 9.78. The van der Waals surface area contributed by atoms with Gasteiger partial charge in [0, 0.05) is 66.1 Å². The van der Waals surface area contributed by atoms with Gasteiger partial charge in [-0.3, -0.25) is 0 Å². The van der Waals surface area contributed by atoms with Gasteiger partial charge in [0.25, 0.3) is 0 Å². The minimum absolute atomic E-state index is 0.610. The molecule has 0 aliphatic rings. The summed E-state index contributed by atoms with van der Waals surface area (Å²) >= 11 is 0. The van der Waals surface area contributed by atoms with E-state index in [9.17, 15) is 0 Å². The lowest BCUT2D eigenvalue weighted by atomic mass is 10.1. The maximum absolute atomic E-state index is 5.30. The van der Waals surface area contributed by atoms with Crippen LogP contribution < -0.4 is 0 Å². The molecule has 6 nitrogen and oxygen atoms in total. The molecule has 13 rings (SSSR count). The fraction of sp³-hybridized carbons (Fsp3) is 0. The topological polar surface area (TPSA) is 53.5 Å². The van der Waals surface area contributed by atoms with Crippen LogP contribution in [0.4, 0.5) is 0 Å². The van der Waals surface area contributed by atoms with Crippen molar-refractivity contribution in [2.75, 3.05) is 0 Å². The average Bonchev–Trinajstić information content (AvgIpc) is 4.00. The molecule has 0 aliphatic carbocycles. The van der Waals surface area contributed by atoms with E-state index in [0.717, 1.165) is 72.1 Å². The maximum atomic E-state index is 5.30. The zero-order valence-electron chi connectivity index (χ0n) is 34.0. The molecule has 0 bridgehead atoms.